The van der Waals surface area contributed by atoms with Gasteiger partial charge in [0.05, 0.1) is 13.2 Å². The maximum Gasteiger partial charge on any atom is 0.0584 e. The topological polar surface area (TPSA) is 41.5 Å². The fourth-order valence-electron chi connectivity index (χ4n) is 1.87. The molecule has 0 radical (unpaired) electrons. The van der Waals surface area contributed by atoms with Crippen LogP contribution in [0.1, 0.15) is 26.7 Å². The highest BCUT2D eigenvalue weighted by Crippen LogP contribution is 2.12. The average molecular weight is 201 g/mol. The van der Waals surface area contributed by atoms with Gasteiger partial charge in [-0.15, -0.1) is 0 Å². The molecular formula is C11H23NO2. The van der Waals surface area contributed by atoms with Crippen LogP contribution in [0.25, 0.3) is 0 Å². The van der Waals surface area contributed by atoms with E-state index in [1.807, 2.05) is 0 Å². The smallest absolute Gasteiger partial charge is 0.0584 e. The van der Waals surface area contributed by atoms with Gasteiger partial charge in [0, 0.05) is 19.2 Å². The molecule has 0 aliphatic carbocycles. The van der Waals surface area contributed by atoms with Crippen molar-refractivity contribution < 1.29 is 9.84 Å². The van der Waals surface area contributed by atoms with Gasteiger partial charge in [-0.2, -0.15) is 0 Å². The van der Waals surface area contributed by atoms with Crippen molar-refractivity contribution in [2.45, 2.75) is 32.7 Å². The predicted octanol–water partition coefficient (Wildman–Crippen LogP) is 1.02. The molecule has 2 N–H and O–H groups in total. The Bertz CT molecular complexity index is 144. The lowest BCUT2D eigenvalue weighted by molar-refractivity contribution is 0.179. The second kappa shape index (κ2) is 6.38. The molecule has 0 aromatic carbocycles. The Kier molecular flexibility index (Phi) is 5.45. The van der Waals surface area contributed by atoms with Crippen LogP contribution in [-0.4, -0.2) is 37.5 Å². The van der Waals surface area contributed by atoms with Crippen LogP contribution in [0.5, 0.6) is 0 Å². The number of ether oxygens (including phenoxy) is 1. The Balaban J connectivity index is 2.12. The SMILES string of the molecule is CC(C)CC(CO)NCC1CCOC1. The molecule has 1 aliphatic heterocycles. The van der Waals surface area contributed by atoms with E-state index in [-0.39, 0.29) is 12.6 Å². The zero-order valence-corrected chi connectivity index (χ0v) is 9.33. The molecule has 0 spiro atoms. The van der Waals surface area contributed by atoms with E-state index in [0.29, 0.717) is 11.8 Å². The van der Waals surface area contributed by atoms with E-state index in [1.54, 1.807) is 0 Å². The first-order valence-electron chi connectivity index (χ1n) is 5.64. The first-order valence-corrected chi connectivity index (χ1v) is 5.64. The summed E-state index contributed by atoms with van der Waals surface area (Å²) >= 11 is 0. The highest BCUT2D eigenvalue weighted by atomic mass is 16.5. The van der Waals surface area contributed by atoms with Crippen molar-refractivity contribution in [2.24, 2.45) is 11.8 Å². The second-order valence-electron chi connectivity index (χ2n) is 4.65. The molecule has 1 fully saturated rings. The van der Waals surface area contributed by atoms with E-state index in [1.165, 1.54) is 0 Å². The molecule has 1 heterocycles. The zero-order valence-electron chi connectivity index (χ0n) is 9.33. The van der Waals surface area contributed by atoms with Crippen molar-refractivity contribution in [3.63, 3.8) is 0 Å². The lowest BCUT2D eigenvalue weighted by Crippen LogP contribution is -2.37. The molecule has 0 bridgehead atoms. The molecule has 0 aromatic rings. The van der Waals surface area contributed by atoms with Crippen LogP contribution in [0, 0.1) is 11.8 Å². The normalized spacial score (nSPS) is 24.4. The third-order valence-electron chi connectivity index (χ3n) is 2.70. The largest absolute Gasteiger partial charge is 0.395 e. The number of rotatable bonds is 6. The van der Waals surface area contributed by atoms with Crippen LogP contribution in [0.15, 0.2) is 0 Å². The molecule has 0 aromatic heterocycles. The Morgan fingerprint density at radius 1 is 1.50 bits per heavy atom. The van der Waals surface area contributed by atoms with E-state index in [9.17, 15) is 0 Å². The summed E-state index contributed by atoms with van der Waals surface area (Å²) in [5.74, 6) is 1.29. The van der Waals surface area contributed by atoms with Crippen molar-refractivity contribution >= 4 is 0 Å². The summed E-state index contributed by atoms with van der Waals surface area (Å²) in [6.45, 7) is 7.38. The van der Waals surface area contributed by atoms with Crippen molar-refractivity contribution in [1.82, 2.24) is 5.32 Å². The number of nitrogens with one attached hydrogen (secondary N) is 1. The summed E-state index contributed by atoms with van der Waals surface area (Å²) < 4.78 is 5.30. The fourth-order valence-corrected chi connectivity index (χ4v) is 1.87. The van der Waals surface area contributed by atoms with Gasteiger partial charge >= 0.3 is 0 Å². The van der Waals surface area contributed by atoms with Gasteiger partial charge in [0.2, 0.25) is 0 Å². The summed E-state index contributed by atoms with van der Waals surface area (Å²) in [7, 11) is 0. The van der Waals surface area contributed by atoms with Gasteiger partial charge in [0.25, 0.3) is 0 Å². The summed E-state index contributed by atoms with van der Waals surface area (Å²) in [5.41, 5.74) is 0. The van der Waals surface area contributed by atoms with E-state index < -0.39 is 0 Å². The van der Waals surface area contributed by atoms with Crippen LogP contribution in [0.2, 0.25) is 0 Å². The molecule has 1 saturated heterocycles. The minimum absolute atomic E-state index is 0.242. The summed E-state index contributed by atoms with van der Waals surface area (Å²) in [5, 5.41) is 12.6. The van der Waals surface area contributed by atoms with Crippen LogP contribution in [0.3, 0.4) is 0 Å². The van der Waals surface area contributed by atoms with E-state index in [2.05, 4.69) is 19.2 Å². The quantitative estimate of drug-likeness (QED) is 0.674. The van der Waals surface area contributed by atoms with Crippen LogP contribution >= 0.6 is 0 Å². The van der Waals surface area contributed by atoms with Crippen molar-refractivity contribution in [1.29, 1.82) is 0 Å². The van der Waals surface area contributed by atoms with Gasteiger partial charge in [0.1, 0.15) is 0 Å². The minimum atomic E-state index is 0.242. The van der Waals surface area contributed by atoms with Gasteiger partial charge < -0.3 is 15.2 Å². The Morgan fingerprint density at radius 3 is 2.79 bits per heavy atom. The molecule has 2 unspecified atom stereocenters. The van der Waals surface area contributed by atoms with Crippen LogP contribution < -0.4 is 5.32 Å². The molecule has 0 saturated carbocycles. The van der Waals surface area contributed by atoms with Crippen LogP contribution in [-0.2, 0) is 4.74 Å². The zero-order chi connectivity index (χ0) is 10.4. The van der Waals surface area contributed by atoms with E-state index in [4.69, 9.17) is 9.84 Å². The molecule has 2 atom stereocenters. The highest BCUT2D eigenvalue weighted by molar-refractivity contribution is 4.72. The number of aliphatic hydroxyl groups excluding tert-OH is 1. The standard InChI is InChI=1S/C11H23NO2/c1-9(2)5-11(7-13)12-6-10-3-4-14-8-10/h9-13H,3-8H2,1-2H3. The Hall–Kier alpha value is -0.120. The second-order valence-corrected chi connectivity index (χ2v) is 4.65. The number of hydrogen-bond donors (Lipinski definition) is 2. The van der Waals surface area contributed by atoms with Gasteiger partial charge in [-0.3, -0.25) is 0 Å². The first kappa shape index (κ1) is 12.0. The number of hydrogen-bond acceptors (Lipinski definition) is 3. The van der Waals surface area contributed by atoms with Crippen molar-refractivity contribution in [3.05, 3.63) is 0 Å². The van der Waals surface area contributed by atoms with Gasteiger partial charge in [-0.05, 0) is 24.7 Å². The molecule has 14 heavy (non-hydrogen) atoms. The lowest BCUT2D eigenvalue weighted by Gasteiger charge is -2.20. The first-order chi connectivity index (χ1) is 6.72. The van der Waals surface area contributed by atoms with Gasteiger partial charge in [0.15, 0.2) is 0 Å². The third-order valence-corrected chi connectivity index (χ3v) is 2.70. The molecule has 3 heteroatoms. The molecule has 1 aliphatic rings. The monoisotopic (exact) mass is 201 g/mol. The predicted molar refractivity (Wildman–Crippen MR) is 57.3 cm³/mol. The summed E-state index contributed by atoms with van der Waals surface area (Å²) in [6, 6.07) is 0.260. The maximum atomic E-state index is 9.16. The summed E-state index contributed by atoms with van der Waals surface area (Å²) in [6.07, 6.45) is 2.21. The van der Waals surface area contributed by atoms with E-state index in [0.717, 1.165) is 32.6 Å². The fraction of sp³-hybridized carbons (Fsp3) is 1.00. The maximum absolute atomic E-state index is 9.16. The molecular weight excluding hydrogens is 178 g/mol. The van der Waals surface area contributed by atoms with E-state index >= 15 is 0 Å². The van der Waals surface area contributed by atoms with Crippen LogP contribution in [0.4, 0.5) is 0 Å². The molecule has 3 nitrogen and oxygen atoms in total. The van der Waals surface area contributed by atoms with Crippen molar-refractivity contribution in [3.8, 4) is 0 Å². The molecule has 1 rings (SSSR count). The molecule has 84 valence electrons. The average Bonchev–Trinajstić information content (AvgIpc) is 2.64. The highest BCUT2D eigenvalue weighted by Gasteiger charge is 2.17. The Labute approximate surface area is 86.8 Å². The third kappa shape index (κ3) is 4.40. The summed E-state index contributed by atoms with van der Waals surface area (Å²) in [4.78, 5) is 0. The minimum Gasteiger partial charge on any atom is -0.395 e. The van der Waals surface area contributed by atoms with Gasteiger partial charge in [-0.1, -0.05) is 13.8 Å². The lowest BCUT2D eigenvalue weighted by atomic mass is 10.0. The Morgan fingerprint density at radius 2 is 2.29 bits per heavy atom. The van der Waals surface area contributed by atoms with Gasteiger partial charge in [-0.25, -0.2) is 0 Å². The van der Waals surface area contributed by atoms with Crippen molar-refractivity contribution in [2.75, 3.05) is 26.4 Å². The molecule has 0 amide bonds. The number of aliphatic hydroxyl groups is 1.